The number of nitrogens with one attached hydrogen (secondary N) is 1. The van der Waals surface area contributed by atoms with Crippen LogP contribution in [0.3, 0.4) is 0 Å². The predicted octanol–water partition coefficient (Wildman–Crippen LogP) is 3.86. The quantitative estimate of drug-likeness (QED) is 0.595. The van der Waals surface area contributed by atoms with E-state index in [-0.39, 0.29) is 12.0 Å². The van der Waals surface area contributed by atoms with Gasteiger partial charge in [0.25, 0.3) is 0 Å². The maximum Gasteiger partial charge on any atom is 0.232 e. The summed E-state index contributed by atoms with van der Waals surface area (Å²) in [6.07, 6.45) is 2.13. The van der Waals surface area contributed by atoms with Crippen LogP contribution in [0, 0.1) is 6.92 Å². The highest BCUT2D eigenvalue weighted by atomic mass is 16.5. The highest BCUT2D eigenvalue weighted by Gasteiger charge is 2.29. The van der Waals surface area contributed by atoms with E-state index in [1.54, 1.807) is 14.2 Å². The van der Waals surface area contributed by atoms with E-state index >= 15 is 0 Å². The third-order valence-corrected chi connectivity index (χ3v) is 5.51. The van der Waals surface area contributed by atoms with Crippen LogP contribution in [0.15, 0.2) is 42.5 Å². The number of benzene rings is 2. The molecule has 0 aliphatic carbocycles. The Bertz CT molecular complexity index is 1040. The van der Waals surface area contributed by atoms with Gasteiger partial charge in [0.1, 0.15) is 17.3 Å². The van der Waals surface area contributed by atoms with Crippen LogP contribution >= 0.6 is 0 Å². The van der Waals surface area contributed by atoms with Gasteiger partial charge in [0, 0.05) is 23.4 Å². The third kappa shape index (κ3) is 4.86. The van der Waals surface area contributed by atoms with Crippen molar-refractivity contribution in [2.75, 3.05) is 31.8 Å². The molecule has 31 heavy (non-hydrogen) atoms. The van der Waals surface area contributed by atoms with Gasteiger partial charge in [0.05, 0.1) is 20.8 Å². The Morgan fingerprint density at radius 1 is 1.06 bits per heavy atom. The standard InChI is InChI=1S/C23H28N6O2/c1-15-6-8-16(9-7-15)25-23-27-21(26-22(24)28-23)14-29-12-4-5-19(29)18-11-10-17(30-2)13-20(18)31-3/h6-11,13,19H,4-5,12,14H2,1-3H3,(H3,24,25,26,27,28). The fourth-order valence-corrected chi connectivity index (χ4v) is 3.97. The first kappa shape index (κ1) is 20.9. The van der Waals surface area contributed by atoms with Crippen molar-refractivity contribution in [2.45, 2.75) is 32.4 Å². The van der Waals surface area contributed by atoms with Gasteiger partial charge < -0.3 is 20.5 Å². The molecule has 162 valence electrons. The van der Waals surface area contributed by atoms with E-state index in [1.165, 1.54) is 5.56 Å². The second-order valence-corrected chi connectivity index (χ2v) is 7.66. The minimum Gasteiger partial charge on any atom is -0.497 e. The second-order valence-electron chi connectivity index (χ2n) is 7.66. The van der Waals surface area contributed by atoms with E-state index in [4.69, 9.17) is 15.2 Å². The Balaban J connectivity index is 1.54. The van der Waals surface area contributed by atoms with Gasteiger partial charge in [-0.15, -0.1) is 0 Å². The summed E-state index contributed by atoms with van der Waals surface area (Å²) in [5, 5.41) is 3.22. The number of aromatic nitrogens is 3. The molecule has 1 aliphatic heterocycles. The fraction of sp³-hybridized carbons (Fsp3) is 0.348. The van der Waals surface area contributed by atoms with Gasteiger partial charge in [-0.05, 0) is 44.5 Å². The van der Waals surface area contributed by atoms with E-state index in [0.717, 1.165) is 42.1 Å². The highest BCUT2D eigenvalue weighted by Crippen LogP contribution is 2.39. The molecule has 3 N–H and O–H groups in total. The number of methoxy groups -OCH3 is 2. The second kappa shape index (κ2) is 9.18. The van der Waals surface area contributed by atoms with Gasteiger partial charge >= 0.3 is 0 Å². The van der Waals surface area contributed by atoms with Crippen molar-refractivity contribution < 1.29 is 9.47 Å². The Morgan fingerprint density at radius 2 is 1.87 bits per heavy atom. The van der Waals surface area contributed by atoms with Gasteiger partial charge in [-0.2, -0.15) is 15.0 Å². The molecule has 8 nitrogen and oxygen atoms in total. The summed E-state index contributed by atoms with van der Waals surface area (Å²) in [4.78, 5) is 15.6. The zero-order valence-corrected chi connectivity index (χ0v) is 18.1. The first-order valence-electron chi connectivity index (χ1n) is 10.4. The third-order valence-electron chi connectivity index (χ3n) is 5.51. The van der Waals surface area contributed by atoms with Gasteiger partial charge in [0.2, 0.25) is 11.9 Å². The number of anilines is 3. The number of likely N-dealkylation sites (tertiary alicyclic amines) is 1. The molecule has 4 rings (SSSR count). The predicted molar refractivity (Wildman–Crippen MR) is 121 cm³/mol. The van der Waals surface area contributed by atoms with Crippen LogP contribution in [0.25, 0.3) is 0 Å². The molecule has 2 aromatic carbocycles. The molecule has 1 saturated heterocycles. The van der Waals surface area contributed by atoms with Crippen molar-refractivity contribution in [1.29, 1.82) is 0 Å². The largest absolute Gasteiger partial charge is 0.497 e. The lowest BCUT2D eigenvalue weighted by atomic mass is 10.0. The SMILES string of the molecule is COc1ccc(C2CCCN2Cc2nc(N)nc(Nc3ccc(C)cc3)n2)c(OC)c1. The molecule has 0 spiro atoms. The molecule has 3 aromatic rings. The topological polar surface area (TPSA) is 98.4 Å². The van der Waals surface area contributed by atoms with Crippen molar-refractivity contribution in [1.82, 2.24) is 19.9 Å². The van der Waals surface area contributed by atoms with Gasteiger partial charge in [-0.1, -0.05) is 23.8 Å². The van der Waals surface area contributed by atoms with Crippen LogP contribution < -0.4 is 20.5 Å². The van der Waals surface area contributed by atoms with Gasteiger partial charge in [0.15, 0.2) is 0 Å². The first-order chi connectivity index (χ1) is 15.1. The smallest absolute Gasteiger partial charge is 0.232 e. The normalized spacial score (nSPS) is 16.3. The molecule has 1 aliphatic rings. The Kier molecular flexibility index (Phi) is 6.18. The fourth-order valence-electron chi connectivity index (χ4n) is 3.97. The van der Waals surface area contributed by atoms with Crippen LogP contribution in [-0.4, -0.2) is 40.6 Å². The van der Waals surface area contributed by atoms with E-state index in [1.807, 2.05) is 43.3 Å². The van der Waals surface area contributed by atoms with Crippen LogP contribution in [0.4, 0.5) is 17.6 Å². The first-order valence-corrected chi connectivity index (χ1v) is 10.4. The van der Waals surface area contributed by atoms with Crippen LogP contribution in [0.2, 0.25) is 0 Å². The summed E-state index contributed by atoms with van der Waals surface area (Å²) in [6, 6.07) is 14.2. The molecule has 0 saturated carbocycles. The summed E-state index contributed by atoms with van der Waals surface area (Å²) in [7, 11) is 3.34. The molecule has 0 amide bonds. The zero-order chi connectivity index (χ0) is 21.8. The Morgan fingerprint density at radius 3 is 2.61 bits per heavy atom. The minimum atomic E-state index is 0.206. The maximum atomic E-state index is 5.98. The lowest BCUT2D eigenvalue weighted by Gasteiger charge is -2.25. The molecule has 8 heteroatoms. The molecule has 0 bridgehead atoms. The Hall–Kier alpha value is -3.39. The number of ether oxygens (including phenoxy) is 2. The lowest BCUT2D eigenvalue weighted by molar-refractivity contribution is 0.237. The summed E-state index contributed by atoms with van der Waals surface area (Å²) in [6.45, 7) is 3.58. The van der Waals surface area contributed by atoms with Crippen molar-refractivity contribution in [2.24, 2.45) is 0 Å². The number of hydrogen-bond acceptors (Lipinski definition) is 8. The van der Waals surface area contributed by atoms with Crippen molar-refractivity contribution >= 4 is 17.6 Å². The molecule has 0 radical (unpaired) electrons. The molecule has 2 heterocycles. The van der Waals surface area contributed by atoms with E-state index < -0.39 is 0 Å². The van der Waals surface area contributed by atoms with E-state index in [0.29, 0.717) is 18.3 Å². The zero-order valence-electron chi connectivity index (χ0n) is 18.1. The molecule has 1 fully saturated rings. The van der Waals surface area contributed by atoms with Gasteiger partial charge in [-0.3, -0.25) is 4.90 Å². The Labute approximate surface area is 182 Å². The highest BCUT2D eigenvalue weighted by molar-refractivity contribution is 5.54. The van der Waals surface area contributed by atoms with E-state index in [9.17, 15) is 0 Å². The van der Waals surface area contributed by atoms with Crippen molar-refractivity contribution in [3.8, 4) is 11.5 Å². The van der Waals surface area contributed by atoms with Crippen LogP contribution in [0.5, 0.6) is 11.5 Å². The van der Waals surface area contributed by atoms with Crippen molar-refractivity contribution in [3.05, 3.63) is 59.4 Å². The van der Waals surface area contributed by atoms with Crippen LogP contribution in [-0.2, 0) is 6.54 Å². The van der Waals surface area contributed by atoms with E-state index in [2.05, 4.69) is 31.2 Å². The van der Waals surface area contributed by atoms with Gasteiger partial charge in [-0.25, -0.2) is 0 Å². The molecular weight excluding hydrogens is 392 g/mol. The average molecular weight is 421 g/mol. The number of nitrogen functional groups attached to an aromatic ring is 1. The molecule has 1 atom stereocenters. The van der Waals surface area contributed by atoms with Crippen molar-refractivity contribution in [3.63, 3.8) is 0 Å². The number of nitrogens with zero attached hydrogens (tertiary/aromatic N) is 4. The molecular formula is C23H28N6O2. The molecule has 1 unspecified atom stereocenters. The maximum absolute atomic E-state index is 5.98. The number of nitrogens with two attached hydrogens (primary N) is 1. The summed E-state index contributed by atoms with van der Waals surface area (Å²) in [5.41, 5.74) is 9.22. The monoisotopic (exact) mass is 420 g/mol. The number of aryl methyl sites for hydroxylation is 1. The lowest BCUT2D eigenvalue weighted by Crippen LogP contribution is -2.25. The van der Waals surface area contributed by atoms with Crippen LogP contribution in [0.1, 0.15) is 35.8 Å². The summed E-state index contributed by atoms with van der Waals surface area (Å²) >= 11 is 0. The summed E-state index contributed by atoms with van der Waals surface area (Å²) < 4.78 is 11.0. The minimum absolute atomic E-state index is 0.206. The molecule has 1 aromatic heterocycles. The number of rotatable bonds is 7. The number of hydrogen-bond donors (Lipinski definition) is 2. The summed E-state index contributed by atoms with van der Waals surface area (Å²) in [5.74, 6) is 2.90. The average Bonchev–Trinajstić information content (AvgIpc) is 3.22.